The minimum absolute atomic E-state index is 0.0497. The number of carbonyl (C=O) groups excluding carboxylic acids is 2. The maximum atomic E-state index is 12.9. The van der Waals surface area contributed by atoms with Gasteiger partial charge in [0.2, 0.25) is 0 Å². The zero-order valence-electron chi connectivity index (χ0n) is 18.7. The number of nitro groups is 1. The molecule has 1 aliphatic rings. The van der Waals surface area contributed by atoms with Crippen molar-refractivity contribution in [1.29, 1.82) is 0 Å². The van der Waals surface area contributed by atoms with Crippen molar-refractivity contribution in [1.82, 2.24) is 9.47 Å². The number of thioether (sulfide) groups is 1. The van der Waals surface area contributed by atoms with Crippen LogP contribution in [0.1, 0.15) is 17.0 Å². The van der Waals surface area contributed by atoms with Gasteiger partial charge in [0, 0.05) is 17.5 Å². The minimum Gasteiger partial charge on any atom is -0.490 e. The first-order valence-electron chi connectivity index (χ1n) is 10.4. The van der Waals surface area contributed by atoms with Crippen molar-refractivity contribution in [3.63, 3.8) is 0 Å². The second-order valence-electron chi connectivity index (χ2n) is 7.67. The number of carbonyl (C=O) groups is 2. The molecule has 2 amide bonds. The largest absolute Gasteiger partial charge is 0.490 e. The second kappa shape index (κ2) is 10.2. The maximum Gasteiger partial charge on any atom is 0.293 e. The average molecular weight is 532 g/mol. The van der Waals surface area contributed by atoms with E-state index in [0.29, 0.717) is 16.5 Å². The van der Waals surface area contributed by atoms with Gasteiger partial charge in [-0.15, -0.1) is 0 Å². The molecule has 0 bridgehead atoms. The van der Waals surface area contributed by atoms with Gasteiger partial charge in [-0.3, -0.25) is 24.6 Å². The van der Waals surface area contributed by atoms with Gasteiger partial charge in [-0.1, -0.05) is 35.3 Å². The summed E-state index contributed by atoms with van der Waals surface area (Å²) in [5.41, 5.74) is 2.66. The number of amides is 2. The van der Waals surface area contributed by atoms with E-state index in [-0.39, 0.29) is 34.0 Å². The lowest BCUT2D eigenvalue weighted by atomic mass is 10.2. The molecule has 0 saturated carbocycles. The Bertz CT molecular complexity index is 1390. The van der Waals surface area contributed by atoms with Gasteiger partial charge in [0.15, 0.2) is 0 Å². The van der Waals surface area contributed by atoms with Gasteiger partial charge < -0.3 is 9.30 Å². The number of nitrogens with zero attached hydrogens (tertiary/aromatic N) is 3. The smallest absolute Gasteiger partial charge is 0.293 e. The van der Waals surface area contributed by atoms with E-state index in [1.165, 1.54) is 12.1 Å². The number of halogens is 2. The maximum absolute atomic E-state index is 12.9. The van der Waals surface area contributed by atoms with Crippen molar-refractivity contribution in [3.05, 3.63) is 90.5 Å². The normalized spacial score (nSPS) is 14.7. The van der Waals surface area contributed by atoms with Crippen LogP contribution in [0.2, 0.25) is 10.0 Å². The van der Waals surface area contributed by atoms with Gasteiger partial charge in [0.1, 0.15) is 17.4 Å². The Balaban J connectivity index is 1.54. The third-order valence-electron chi connectivity index (χ3n) is 5.42. The number of para-hydroxylation sites is 1. The van der Waals surface area contributed by atoms with Crippen LogP contribution in [0, 0.1) is 24.0 Å². The summed E-state index contributed by atoms with van der Waals surface area (Å²) < 4.78 is 7.43. The van der Waals surface area contributed by atoms with Crippen LogP contribution in [0.4, 0.5) is 10.5 Å². The Morgan fingerprint density at radius 2 is 1.83 bits per heavy atom. The summed E-state index contributed by atoms with van der Waals surface area (Å²) in [7, 11) is 0. The number of ether oxygens (including phenoxy) is 1. The van der Waals surface area contributed by atoms with Crippen LogP contribution >= 0.6 is 35.0 Å². The SMILES string of the molecule is Cc1cc(/C=C2\SC(=O)N(CCOc3ccccc3Cl)C2=O)c(C)n1-c1ccc(Cl)c([N+](=O)[O-])c1. The highest BCUT2D eigenvalue weighted by atomic mass is 35.5. The molecule has 8 nitrogen and oxygen atoms in total. The Labute approximate surface area is 215 Å². The molecular formula is C24H19Cl2N3O5S. The third kappa shape index (κ3) is 5.07. The number of nitro benzene ring substituents is 1. The second-order valence-corrected chi connectivity index (χ2v) is 9.47. The molecule has 2 aromatic carbocycles. The number of hydrogen-bond acceptors (Lipinski definition) is 6. The molecule has 1 fully saturated rings. The highest BCUT2D eigenvalue weighted by Gasteiger charge is 2.35. The Hall–Kier alpha value is -3.27. The Morgan fingerprint density at radius 1 is 1.09 bits per heavy atom. The Morgan fingerprint density at radius 3 is 2.54 bits per heavy atom. The first kappa shape index (κ1) is 24.8. The first-order chi connectivity index (χ1) is 16.7. The molecule has 1 saturated heterocycles. The van der Waals surface area contributed by atoms with Gasteiger partial charge in [-0.2, -0.15) is 0 Å². The lowest BCUT2D eigenvalue weighted by Gasteiger charge is -2.13. The minimum atomic E-state index is -0.535. The zero-order chi connectivity index (χ0) is 25.3. The van der Waals surface area contributed by atoms with Crippen molar-refractivity contribution >= 4 is 57.9 Å². The summed E-state index contributed by atoms with van der Waals surface area (Å²) in [5, 5.41) is 11.4. The van der Waals surface area contributed by atoms with Crippen LogP contribution in [0.3, 0.4) is 0 Å². The summed E-state index contributed by atoms with van der Waals surface area (Å²) >= 11 is 12.9. The summed E-state index contributed by atoms with van der Waals surface area (Å²) in [6.07, 6.45) is 1.66. The summed E-state index contributed by atoms with van der Waals surface area (Å²) in [6, 6.07) is 13.4. The number of aryl methyl sites for hydroxylation is 1. The lowest BCUT2D eigenvalue weighted by Crippen LogP contribution is -2.32. The lowest BCUT2D eigenvalue weighted by molar-refractivity contribution is -0.384. The van der Waals surface area contributed by atoms with Crippen LogP contribution in [0.15, 0.2) is 53.4 Å². The van der Waals surface area contributed by atoms with Gasteiger partial charge in [-0.25, -0.2) is 0 Å². The molecule has 35 heavy (non-hydrogen) atoms. The average Bonchev–Trinajstić information content (AvgIpc) is 3.24. The number of hydrogen-bond donors (Lipinski definition) is 0. The molecule has 0 atom stereocenters. The topological polar surface area (TPSA) is 94.7 Å². The molecule has 0 N–H and O–H groups in total. The van der Waals surface area contributed by atoms with E-state index in [1.54, 1.807) is 36.4 Å². The van der Waals surface area contributed by atoms with Gasteiger partial charge in [0.05, 0.1) is 27.1 Å². The summed E-state index contributed by atoms with van der Waals surface area (Å²) in [4.78, 5) is 37.5. The molecule has 11 heteroatoms. The zero-order valence-corrected chi connectivity index (χ0v) is 21.0. The van der Waals surface area contributed by atoms with Crippen LogP contribution in [0.5, 0.6) is 5.75 Å². The molecule has 4 rings (SSSR count). The standard InChI is InChI=1S/C24H19Cl2N3O5S/c1-14-11-16(15(2)28(14)17-7-8-18(25)20(13-17)29(32)33)12-22-23(30)27(24(31)35-22)9-10-34-21-6-4-3-5-19(21)26/h3-8,11-13H,9-10H2,1-2H3/b22-12-. The molecule has 0 radical (unpaired) electrons. The van der Waals surface area contributed by atoms with Gasteiger partial charge in [-0.05, 0) is 67.6 Å². The molecule has 180 valence electrons. The fourth-order valence-electron chi connectivity index (χ4n) is 3.75. The van der Waals surface area contributed by atoms with E-state index in [9.17, 15) is 19.7 Å². The summed E-state index contributed by atoms with van der Waals surface area (Å²) in [5.74, 6) is 0.0706. The molecule has 0 spiro atoms. The van der Waals surface area contributed by atoms with Crippen LogP contribution in [-0.2, 0) is 4.79 Å². The van der Waals surface area contributed by atoms with E-state index in [4.69, 9.17) is 27.9 Å². The van der Waals surface area contributed by atoms with Crippen LogP contribution in [-0.4, -0.2) is 38.7 Å². The van der Waals surface area contributed by atoms with E-state index in [1.807, 2.05) is 24.5 Å². The van der Waals surface area contributed by atoms with E-state index < -0.39 is 10.8 Å². The number of rotatable bonds is 7. The molecule has 0 unspecified atom stereocenters. The number of imide groups is 1. The van der Waals surface area contributed by atoms with E-state index in [2.05, 4.69) is 0 Å². The van der Waals surface area contributed by atoms with Gasteiger partial charge in [0.25, 0.3) is 16.8 Å². The molecule has 2 heterocycles. The van der Waals surface area contributed by atoms with Crippen LogP contribution in [0.25, 0.3) is 11.8 Å². The van der Waals surface area contributed by atoms with Gasteiger partial charge >= 0.3 is 0 Å². The number of aromatic nitrogens is 1. The predicted molar refractivity (Wildman–Crippen MR) is 137 cm³/mol. The molecule has 3 aromatic rings. The van der Waals surface area contributed by atoms with Crippen molar-refractivity contribution < 1.29 is 19.2 Å². The summed E-state index contributed by atoms with van der Waals surface area (Å²) in [6.45, 7) is 3.88. The predicted octanol–water partition coefficient (Wildman–Crippen LogP) is 6.42. The first-order valence-corrected chi connectivity index (χ1v) is 12.0. The van der Waals surface area contributed by atoms with Crippen molar-refractivity contribution in [2.24, 2.45) is 0 Å². The molecule has 1 aliphatic heterocycles. The molecular weight excluding hydrogens is 513 g/mol. The highest BCUT2D eigenvalue weighted by Crippen LogP contribution is 2.35. The fraction of sp³-hybridized carbons (Fsp3) is 0.167. The highest BCUT2D eigenvalue weighted by molar-refractivity contribution is 8.18. The van der Waals surface area contributed by atoms with E-state index >= 15 is 0 Å². The third-order valence-corrected chi connectivity index (χ3v) is 6.96. The Kier molecular flexibility index (Phi) is 7.20. The van der Waals surface area contributed by atoms with Crippen molar-refractivity contribution in [3.8, 4) is 11.4 Å². The quantitative estimate of drug-likeness (QED) is 0.198. The fourth-order valence-corrected chi connectivity index (χ4v) is 4.99. The molecule has 0 aliphatic carbocycles. The van der Waals surface area contributed by atoms with Crippen molar-refractivity contribution in [2.45, 2.75) is 13.8 Å². The monoisotopic (exact) mass is 531 g/mol. The number of benzene rings is 2. The molecule has 1 aromatic heterocycles. The van der Waals surface area contributed by atoms with Crippen molar-refractivity contribution in [2.75, 3.05) is 13.2 Å². The van der Waals surface area contributed by atoms with Crippen LogP contribution < -0.4 is 4.74 Å². The van der Waals surface area contributed by atoms with E-state index in [0.717, 1.165) is 33.6 Å².